The Balaban J connectivity index is 1.87. The molecule has 19 heavy (non-hydrogen) atoms. The monoisotopic (exact) mass is 266 g/mol. The van der Waals surface area contributed by atoms with E-state index in [-0.39, 0.29) is 17.7 Å². The van der Waals surface area contributed by atoms with Crippen molar-refractivity contribution in [2.45, 2.75) is 51.0 Å². The molecule has 1 aromatic carbocycles. The fourth-order valence-electron chi connectivity index (χ4n) is 3.00. The maximum atomic E-state index is 13.6. The Morgan fingerprint density at radius 3 is 2.68 bits per heavy atom. The molecule has 0 spiro atoms. The summed E-state index contributed by atoms with van der Waals surface area (Å²) in [5.41, 5.74) is 0.835. The number of hydrogen-bond acceptors (Lipinski definition) is 2. The summed E-state index contributed by atoms with van der Waals surface area (Å²) in [7, 11) is 1.45. The predicted molar refractivity (Wildman–Crippen MR) is 73.9 cm³/mol. The molecule has 0 heterocycles. The van der Waals surface area contributed by atoms with Gasteiger partial charge in [0.1, 0.15) is 0 Å². The van der Waals surface area contributed by atoms with E-state index in [4.69, 9.17) is 4.74 Å². The molecule has 3 heteroatoms. The van der Waals surface area contributed by atoms with Crippen molar-refractivity contribution in [3.8, 4) is 5.75 Å². The van der Waals surface area contributed by atoms with Gasteiger partial charge in [-0.3, -0.25) is 0 Å². The van der Waals surface area contributed by atoms with E-state index in [1.807, 2.05) is 6.07 Å². The van der Waals surface area contributed by atoms with Gasteiger partial charge in [-0.25, -0.2) is 4.39 Å². The third kappa shape index (κ3) is 4.20. The minimum absolute atomic E-state index is 0.255. The van der Waals surface area contributed by atoms with Gasteiger partial charge in [-0.05, 0) is 36.5 Å². The molecule has 0 radical (unpaired) electrons. The summed E-state index contributed by atoms with van der Waals surface area (Å²) in [6.45, 7) is 0. The van der Waals surface area contributed by atoms with E-state index in [9.17, 15) is 9.50 Å². The SMILES string of the molecule is COc1ccc(CC(O)CC2CCCCC2)cc1F. The maximum Gasteiger partial charge on any atom is 0.165 e. The van der Waals surface area contributed by atoms with Crippen molar-refractivity contribution in [3.05, 3.63) is 29.6 Å². The van der Waals surface area contributed by atoms with Gasteiger partial charge in [-0.2, -0.15) is 0 Å². The zero-order chi connectivity index (χ0) is 13.7. The summed E-state index contributed by atoms with van der Waals surface area (Å²) in [6, 6.07) is 4.91. The Bertz CT molecular complexity index is 400. The molecule has 1 saturated carbocycles. The van der Waals surface area contributed by atoms with Crippen LogP contribution in [0, 0.1) is 11.7 Å². The lowest BCUT2D eigenvalue weighted by molar-refractivity contribution is 0.130. The molecule has 0 aliphatic heterocycles. The average molecular weight is 266 g/mol. The number of halogens is 1. The number of aliphatic hydroxyl groups excluding tert-OH is 1. The number of ether oxygens (including phenoxy) is 1. The first-order chi connectivity index (χ1) is 9.19. The number of methoxy groups -OCH3 is 1. The highest BCUT2D eigenvalue weighted by atomic mass is 19.1. The summed E-state index contributed by atoms with van der Waals surface area (Å²) in [4.78, 5) is 0. The van der Waals surface area contributed by atoms with Gasteiger partial charge in [0.15, 0.2) is 11.6 Å². The number of hydrogen-bond donors (Lipinski definition) is 1. The molecule has 0 amide bonds. The summed E-state index contributed by atoms with van der Waals surface area (Å²) >= 11 is 0. The van der Waals surface area contributed by atoms with Crippen LogP contribution in [-0.4, -0.2) is 18.3 Å². The zero-order valence-corrected chi connectivity index (χ0v) is 11.6. The van der Waals surface area contributed by atoms with Crippen LogP contribution in [0.25, 0.3) is 0 Å². The second kappa shape index (κ2) is 6.90. The van der Waals surface area contributed by atoms with Crippen LogP contribution in [0.5, 0.6) is 5.75 Å². The second-order valence-corrected chi connectivity index (χ2v) is 5.57. The molecule has 1 fully saturated rings. The highest BCUT2D eigenvalue weighted by Crippen LogP contribution is 2.28. The number of rotatable bonds is 5. The standard InChI is InChI=1S/C16H23FO2/c1-19-16-8-7-13(11-15(16)17)10-14(18)9-12-5-3-2-4-6-12/h7-8,11-12,14,18H,2-6,9-10H2,1H3. The largest absolute Gasteiger partial charge is 0.494 e. The fraction of sp³-hybridized carbons (Fsp3) is 0.625. The summed E-state index contributed by atoms with van der Waals surface area (Å²) in [5.74, 6) is 0.544. The Kier molecular flexibility index (Phi) is 5.20. The molecular formula is C16H23FO2. The van der Waals surface area contributed by atoms with Crippen LogP contribution < -0.4 is 4.74 Å². The van der Waals surface area contributed by atoms with E-state index in [0.29, 0.717) is 12.3 Å². The van der Waals surface area contributed by atoms with Crippen LogP contribution >= 0.6 is 0 Å². The van der Waals surface area contributed by atoms with Gasteiger partial charge >= 0.3 is 0 Å². The summed E-state index contributed by atoms with van der Waals surface area (Å²) in [6.07, 6.45) is 7.36. The fourth-order valence-corrected chi connectivity index (χ4v) is 3.00. The maximum absolute atomic E-state index is 13.6. The van der Waals surface area contributed by atoms with Crippen molar-refractivity contribution < 1.29 is 14.2 Å². The first-order valence-corrected chi connectivity index (χ1v) is 7.19. The van der Waals surface area contributed by atoms with Gasteiger partial charge in [-0.15, -0.1) is 0 Å². The van der Waals surface area contributed by atoms with E-state index in [0.717, 1.165) is 12.0 Å². The lowest BCUT2D eigenvalue weighted by atomic mass is 9.84. The summed E-state index contributed by atoms with van der Waals surface area (Å²) < 4.78 is 18.4. The first-order valence-electron chi connectivity index (χ1n) is 7.19. The lowest BCUT2D eigenvalue weighted by Gasteiger charge is -2.24. The van der Waals surface area contributed by atoms with Crippen molar-refractivity contribution in [2.24, 2.45) is 5.92 Å². The van der Waals surface area contributed by atoms with Crippen molar-refractivity contribution in [2.75, 3.05) is 7.11 Å². The molecule has 1 aliphatic rings. The van der Waals surface area contributed by atoms with E-state index < -0.39 is 0 Å². The first kappa shape index (κ1) is 14.3. The Hall–Kier alpha value is -1.09. The molecule has 2 rings (SSSR count). The van der Waals surface area contributed by atoms with Gasteiger partial charge < -0.3 is 9.84 Å². The molecule has 1 aliphatic carbocycles. The molecule has 1 N–H and O–H groups in total. The van der Waals surface area contributed by atoms with E-state index >= 15 is 0 Å². The minimum atomic E-state index is -0.365. The molecule has 0 saturated heterocycles. The second-order valence-electron chi connectivity index (χ2n) is 5.57. The van der Waals surface area contributed by atoms with Crippen LogP contribution in [0.1, 0.15) is 44.1 Å². The van der Waals surface area contributed by atoms with Gasteiger partial charge in [0.05, 0.1) is 13.2 Å². The van der Waals surface area contributed by atoms with E-state index in [1.54, 1.807) is 6.07 Å². The van der Waals surface area contributed by atoms with Gasteiger partial charge in [0, 0.05) is 0 Å². The van der Waals surface area contributed by atoms with Gasteiger partial charge in [0.2, 0.25) is 0 Å². The zero-order valence-electron chi connectivity index (χ0n) is 11.6. The smallest absolute Gasteiger partial charge is 0.165 e. The Morgan fingerprint density at radius 1 is 1.32 bits per heavy atom. The highest BCUT2D eigenvalue weighted by Gasteiger charge is 2.18. The van der Waals surface area contributed by atoms with Crippen molar-refractivity contribution in [3.63, 3.8) is 0 Å². The molecular weight excluding hydrogens is 243 g/mol. The normalized spacial score (nSPS) is 18.3. The Labute approximate surface area is 114 Å². The van der Waals surface area contributed by atoms with E-state index in [1.165, 1.54) is 45.3 Å². The third-order valence-corrected chi connectivity index (χ3v) is 4.02. The van der Waals surface area contributed by atoms with Crippen molar-refractivity contribution >= 4 is 0 Å². The molecule has 1 unspecified atom stereocenters. The molecule has 1 aromatic rings. The average Bonchev–Trinajstić information content (AvgIpc) is 2.40. The van der Waals surface area contributed by atoms with Crippen LogP contribution in [0.4, 0.5) is 4.39 Å². The van der Waals surface area contributed by atoms with Crippen molar-refractivity contribution in [1.82, 2.24) is 0 Å². The lowest BCUT2D eigenvalue weighted by Crippen LogP contribution is -2.18. The predicted octanol–water partition coefficient (Wildman–Crippen LogP) is 3.71. The minimum Gasteiger partial charge on any atom is -0.494 e. The number of benzene rings is 1. The third-order valence-electron chi connectivity index (χ3n) is 4.02. The quantitative estimate of drug-likeness (QED) is 0.880. The van der Waals surface area contributed by atoms with Gasteiger partial charge in [0.25, 0.3) is 0 Å². The molecule has 2 nitrogen and oxygen atoms in total. The van der Waals surface area contributed by atoms with Gasteiger partial charge in [-0.1, -0.05) is 38.2 Å². The van der Waals surface area contributed by atoms with Crippen LogP contribution in [-0.2, 0) is 6.42 Å². The van der Waals surface area contributed by atoms with Crippen molar-refractivity contribution in [1.29, 1.82) is 0 Å². The summed E-state index contributed by atoms with van der Waals surface area (Å²) in [5, 5.41) is 10.1. The Morgan fingerprint density at radius 2 is 2.05 bits per heavy atom. The molecule has 0 bridgehead atoms. The van der Waals surface area contributed by atoms with Crippen LogP contribution in [0.15, 0.2) is 18.2 Å². The van der Waals surface area contributed by atoms with Crippen LogP contribution in [0.2, 0.25) is 0 Å². The molecule has 106 valence electrons. The highest BCUT2D eigenvalue weighted by molar-refractivity contribution is 5.29. The van der Waals surface area contributed by atoms with E-state index in [2.05, 4.69) is 0 Å². The number of aliphatic hydroxyl groups is 1. The molecule has 0 aromatic heterocycles. The topological polar surface area (TPSA) is 29.5 Å². The van der Waals surface area contributed by atoms with Crippen LogP contribution in [0.3, 0.4) is 0 Å². The molecule has 1 atom stereocenters.